The third kappa shape index (κ3) is 4.03. The molecule has 0 atom stereocenters. The lowest BCUT2D eigenvalue weighted by molar-refractivity contribution is -0.380. The van der Waals surface area contributed by atoms with Crippen LogP contribution < -0.4 is 10.2 Å². The number of anilines is 2. The number of carbonyl (C=O) groups is 1. The number of amides is 1. The smallest absolute Gasteiger partial charge is 0.324 e. The van der Waals surface area contributed by atoms with Crippen molar-refractivity contribution in [2.24, 2.45) is 0 Å². The molecule has 34 heavy (non-hydrogen) atoms. The molecule has 0 saturated carbocycles. The Morgan fingerprint density at radius 2 is 1.94 bits per heavy atom. The van der Waals surface area contributed by atoms with Gasteiger partial charge in [0.2, 0.25) is 5.95 Å². The second-order valence-corrected chi connectivity index (χ2v) is 8.58. The predicted octanol–water partition coefficient (Wildman–Crippen LogP) is 4.02. The molecule has 0 unspecified atom stereocenters. The van der Waals surface area contributed by atoms with E-state index >= 15 is 0 Å². The number of nitrogens with one attached hydrogen (secondary N) is 1. The second kappa shape index (κ2) is 8.06. The van der Waals surface area contributed by atoms with Crippen molar-refractivity contribution in [3.05, 3.63) is 63.4 Å². The third-order valence-electron chi connectivity index (χ3n) is 5.17. The number of rotatable bonds is 5. The first kappa shape index (κ1) is 21.8. The lowest BCUT2D eigenvalue weighted by Crippen LogP contribution is -2.27. The fourth-order valence-corrected chi connectivity index (χ4v) is 4.24. The van der Waals surface area contributed by atoms with Crippen LogP contribution in [0.5, 0.6) is 0 Å². The van der Waals surface area contributed by atoms with Gasteiger partial charge in [0.1, 0.15) is 11.6 Å². The van der Waals surface area contributed by atoms with E-state index in [0.29, 0.717) is 22.4 Å². The number of carbonyl (C=O) groups excluding carboxylic acids is 1. The van der Waals surface area contributed by atoms with Crippen molar-refractivity contribution in [2.75, 3.05) is 23.3 Å². The van der Waals surface area contributed by atoms with Gasteiger partial charge < -0.3 is 10.2 Å². The Morgan fingerprint density at radius 1 is 1.18 bits per heavy atom. The maximum Gasteiger partial charge on any atom is 0.324 e. The van der Waals surface area contributed by atoms with Gasteiger partial charge in [-0.3, -0.25) is 14.9 Å². The van der Waals surface area contributed by atoms with Crippen LogP contribution >= 0.6 is 11.3 Å². The number of halogens is 3. The van der Waals surface area contributed by atoms with Crippen molar-refractivity contribution in [3.8, 4) is 5.69 Å². The Balaban J connectivity index is 1.58. The van der Waals surface area contributed by atoms with E-state index in [-0.39, 0.29) is 40.3 Å². The van der Waals surface area contributed by atoms with E-state index in [1.165, 1.54) is 52.2 Å². The summed E-state index contributed by atoms with van der Waals surface area (Å²) in [6.45, 7) is -0.582. The van der Waals surface area contributed by atoms with Crippen LogP contribution in [0.4, 0.5) is 29.9 Å². The van der Waals surface area contributed by atoms with Crippen LogP contribution in [-0.4, -0.2) is 49.6 Å². The number of benzene rings is 1. The van der Waals surface area contributed by atoms with E-state index in [9.17, 15) is 28.1 Å². The monoisotopic (exact) mass is 489 g/mol. The van der Waals surface area contributed by atoms with Crippen molar-refractivity contribution in [1.29, 1.82) is 0 Å². The fourth-order valence-electron chi connectivity index (χ4n) is 3.53. The molecule has 1 amide bonds. The minimum atomic E-state index is -2.91. The first-order valence-electron chi connectivity index (χ1n) is 9.90. The zero-order chi connectivity index (χ0) is 24.0. The molecule has 4 heterocycles. The number of alkyl halides is 2. The minimum absolute atomic E-state index is 0.00429. The van der Waals surface area contributed by atoms with Gasteiger partial charge in [0.05, 0.1) is 33.6 Å². The summed E-state index contributed by atoms with van der Waals surface area (Å²) in [5, 5.41) is 17.9. The highest BCUT2D eigenvalue weighted by molar-refractivity contribution is 7.17. The molecule has 14 heteroatoms. The zero-order valence-corrected chi connectivity index (χ0v) is 17.9. The highest BCUT2D eigenvalue weighted by Crippen LogP contribution is 2.32. The molecular formula is C20H14F3N7O3S. The Morgan fingerprint density at radius 3 is 2.59 bits per heavy atom. The zero-order valence-electron chi connectivity index (χ0n) is 17.1. The molecule has 10 nitrogen and oxygen atoms in total. The maximum atomic E-state index is 13.8. The molecule has 0 radical (unpaired) electrons. The van der Waals surface area contributed by atoms with Crippen LogP contribution in [0, 0.1) is 15.9 Å². The van der Waals surface area contributed by atoms with Gasteiger partial charge in [-0.1, -0.05) is 11.3 Å². The summed E-state index contributed by atoms with van der Waals surface area (Å²) in [5.41, 5.74) is 0.665. The highest BCUT2D eigenvalue weighted by atomic mass is 32.1. The molecule has 1 N–H and O–H groups in total. The Bertz CT molecular complexity index is 1420. The van der Waals surface area contributed by atoms with E-state index in [1.54, 1.807) is 0 Å². The lowest BCUT2D eigenvalue weighted by Gasteiger charge is -2.17. The molecule has 0 spiro atoms. The quantitative estimate of drug-likeness (QED) is 0.332. The number of hydrogen-bond donors (Lipinski definition) is 1. The van der Waals surface area contributed by atoms with Gasteiger partial charge in [-0.15, -0.1) is 0 Å². The predicted molar refractivity (Wildman–Crippen MR) is 117 cm³/mol. The van der Waals surface area contributed by atoms with Crippen molar-refractivity contribution in [2.45, 2.75) is 12.3 Å². The van der Waals surface area contributed by atoms with Gasteiger partial charge in [0.25, 0.3) is 11.8 Å². The molecule has 5 rings (SSSR count). The molecule has 4 aromatic rings. The summed E-state index contributed by atoms with van der Waals surface area (Å²) >= 11 is 0.686. The number of nitrogens with zero attached hydrogens (tertiary/aromatic N) is 6. The number of aromatic nitrogens is 4. The number of fused-ring (bicyclic) bond motifs is 1. The SMILES string of the molecule is O=C(Nc1nc(N2CCC(F)(F)C2)nc2c1cnn2-c1ccc(F)cc1)c1ccc([N+](=O)[O-])s1. The van der Waals surface area contributed by atoms with Crippen LogP contribution in [0.15, 0.2) is 42.6 Å². The van der Waals surface area contributed by atoms with Crippen molar-refractivity contribution < 1.29 is 22.9 Å². The molecular weight excluding hydrogens is 475 g/mol. The summed E-state index contributed by atoms with van der Waals surface area (Å²) in [6, 6.07) is 7.92. The summed E-state index contributed by atoms with van der Waals surface area (Å²) in [5.74, 6) is -4.06. The van der Waals surface area contributed by atoms with Gasteiger partial charge in [-0.2, -0.15) is 15.1 Å². The summed E-state index contributed by atoms with van der Waals surface area (Å²) in [4.78, 5) is 33.1. The highest BCUT2D eigenvalue weighted by Gasteiger charge is 2.39. The molecule has 1 aliphatic heterocycles. The van der Waals surface area contributed by atoms with Gasteiger partial charge in [0, 0.05) is 19.0 Å². The van der Waals surface area contributed by atoms with Crippen LogP contribution in [0.2, 0.25) is 0 Å². The largest absolute Gasteiger partial charge is 0.334 e. The lowest BCUT2D eigenvalue weighted by atomic mass is 10.3. The molecule has 1 fully saturated rings. The Hall–Kier alpha value is -4.07. The standard InChI is InChI=1S/C20H14F3N7O3S/c21-11-1-3-12(4-2-11)29-17-13(9-24-29)16(25-18(31)14-5-6-15(34-14)30(32)33)26-19(27-17)28-8-7-20(22,23)10-28/h1-6,9H,7-8,10H2,(H,25,26,27,31). The third-order valence-corrected chi connectivity index (χ3v) is 6.20. The molecule has 0 aliphatic carbocycles. The van der Waals surface area contributed by atoms with Crippen molar-refractivity contribution >= 4 is 45.0 Å². The van der Waals surface area contributed by atoms with Crippen LogP contribution in [0.3, 0.4) is 0 Å². The van der Waals surface area contributed by atoms with E-state index in [4.69, 9.17) is 0 Å². The second-order valence-electron chi connectivity index (χ2n) is 7.52. The number of thiophene rings is 1. The van der Waals surface area contributed by atoms with Gasteiger partial charge in [0.15, 0.2) is 5.65 Å². The van der Waals surface area contributed by atoms with Crippen molar-refractivity contribution in [3.63, 3.8) is 0 Å². The average molecular weight is 489 g/mol. The topological polar surface area (TPSA) is 119 Å². The fraction of sp³-hybridized carbons (Fsp3) is 0.200. The normalized spacial score (nSPS) is 15.1. The van der Waals surface area contributed by atoms with E-state index in [2.05, 4.69) is 20.4 Å². The van der Waals surface area contributed by atoms with Crippen LogP contribution in [0.25, 0.3) is 16.7 Å². The molecule has 3 aromatic heterocycles. The van der Waals surface area contributed by atoms with Crippen molar-refractivity contribution in [1.82, 2.24) is 19.7 Å². The van der Waals surface area contributed by atoms with Crippen LogP contribution in [-0.2, 0) is 0 Å². The van der Waals surface area contributed by atoms with Gasteiger partial charge in [-0.25, -0.2) is 17.9 Å². The van der Waals surface area contributed by atoms with Crippen LogP contribution in [0.1, 0.15) is 16.1 Å². The summed E-state index contributed by atoms with van der Waals surface area (Å²) < 4.78 is 42.4. The molecule has 1 aromatic carbocycles. The molecule has 174 valence electrons. The van der Waals surface area contributed by atoms with E-state index in [0.717, 1.165) is 0 Å². The van der Waals surface area contributed by atoms with E-state index in [1.807, 2.05) is 0 Å². The molecule has 1 aliphatic rings. The van der Waals surface area contributed by atoms with Gasteiger partial charge >= 0.3 is 5.00 Å². The molecule has 1 saturated heterocycles. The maximum absolute atomic E-state index is 13.8. The van der Waals surface area contributed by atoms with E-state index < -0.39 is 29.1 Å². The minimum Gasteiger partial charge on any atom is -0.334 e. The summed E-state index contributed by atoms with van der Waals surface area (Å²) in [6.07, 6.45) is 1.01. The first-order chi connectivity index (χ1) is 16.2. The number of hydrogen-bond acceptors (Lipinski definition) is 8. The number of nitro groups is 1. The van der Waals surface area contributed by atoms with Gasteiger partial charge in [-0.05, 0) is 30.3 Å². The Kier molecular flexibility index (Phi) is 5.16. The molecule has 0 bridgehead atoms. The Labute approximate surface area is 192 Å². The first-order valence-corrected chi connectivity index (χ1v) is 10.7. The average Bonchev–Trinajstić information content (AvgIpc) is 3.52. The summed E-state index contributed by atoms with van der Waals surface area (Å²) in [7, 11) is 0.